The molecule has 0 aromatic heterocycles. The fourth-order valence-electron chi connectivity index (χ4n) is 2.06. The normalized spacial score (nSPS) is 30.6. The highest BCUT2D eigenvalue weighted by Gasteiger charge is 2.26. The van der Waals surface area contributed by atoms with E-state index in [-0.39, 0.29) is 5.91 Å². The summed E-state index contributed by atoms with van der Waals surface area (Å²) in [5.74, 6) is 0.247. The van der Waals surface area contributed by atoms with Crippen LogP contribution < -0.4 is 10.6 Å². The van der Waals surface area contributed by atoms with Crippen molar-refractivity contribution in [3.05, 3.63) is 0 Å². The number of carbonyl (C=O) groups is 1. The monoisotopic (exact) mass is 183 g/mol. The molecule has 0 bridgehead atoms. The zero-order valence-corrected chi connectivity index (χ0v) is 7.88. The molecule has 2 heterocycles. The molecule has 4 nitrogen and oxygen atoms in total. The first kappa shape index (κ1) is 8.97. The molecule has 0 spiro atoms. The number of hydrogen-bond acceptors (Lipinski definition) is 3. The number of amides is 1. The van der Waals surface area contributed by atoms with Crippen molar-refractivity contribution in [1.82, 2.24) is 15.5 Å². The van der Waals surface area contributed by atoms with Crippen LogP contribution in [0.3, 0.4) is 0 Å². The van der Waals surface area contributed by atoms with E-state index >= 15 is 0 Å². The predicted molar refractivity (Wildman–Crippen MR) is 50.2 cm³/mol. The Bertz CT molecular complexity index is 189. The van der Waals surface area contributed by atoms with E-state index in [2.05, 4.69) is 10.6 Å². The molecule has 0 aromatic rings. The molecule has 1 amide bonds. The van der Waals surface area contributed by atoms with Crippen molar-refractivity contribution in [3.8, 4) is 0 Å². The molecule has 0 aliphatic carbocycles. The van der Waals surface area contributed by atoms with E-state index in [9.17, 15) is 4.79 Å². The van der Waals surface area contributed by atoms with Crippen LogP contribution in [0.5, 0.6) is 0 Å². The van der Waals surface area contributed by atoms with Crippen LogP contribution in [-0.2, 0) is 4.79 Å². The fraction of sp³-hybridized carbons (Fsp3) is 0.889. The molecule has 1 unspecified atom stereocenters. The Morgan fingerprint density at radius 3 is 3.00 bits per heavy atom. The number of nitrogens with zero attached hydrogens (tertiary/aromatic N) is 1. The van der Waals surface area contributed by atoms with Gasteiger partial charge < -0.3 is 10.2 Å². The van der Waals surface area contributed by atoms with Crippen LogP contribution in [0.2, 0.25) is 0 Å². The summed E-state index contributed by atoms with van der Waals surface area (Å²) in [4.78, 5) is 13.6. The maximum atomic E-state index is 11.6. The molecule has 13 heavy (non-hydrogen) atoms. The van der Waals surface area contributed by atoms with Crippen molar-refractivity contribution in [2.45, 2.75) is 25.4 Å². The Morgan fingerprint density at radius 1 is 1.31 bits per heavy atom. The zero-order valence-electron chi connectivity index (χ0n) is 7.88. The van der Waals surface area contributed by atoms with E-state index in [0.717, 1.165) is 32.5 Å². The molecule has 74 valence electrons. The quantitative estimate of drug-likeness (QED) is 0.577. The summed E-state index contributed by atoms with van der Waals surface area (Å²) < 4.78 is 0. The van der Waals surface area contributed by atoms with Gasteiger partial charge in [-0.05, 0) is 32.4 Å². The van der Waals surface area contributed by atoms with Crippen LogP contribution in [0.25, 0.3) is 0 Å². The summed E-state index contributed by atoms with van der Waals surface area (Å²) >= 11 is 0. The third-order valence-corrected chi connectivity index (χ3v) is 2.76. The topological polar surface area (TPSA) is 44.4 Å². The van der Waals surface area contributed by atoms with Crippen LogP contribution in [0.15, 0.2) is 0 Å². The number of nitrogens with one attached hydrogen (secondary N) is 2. The molecule has 0 radical (unpaired) electrons. The number of rotatable bonds is 1. The molecular formula is C9H17N3O. The average molecular weight is 183 g/mol. The van der Waals surface area contributed by atoms with Crippen molar-refractivity contribution in [2.24, 2.45) is 0 Å². The van der Waals surface area contributed by atoms with E-state index in [1.165, 1.54) is 6.42 Å². The summed E-state index contributed by atoms with van der Waals surface area (Å²) in [7, 11) is 0. The van der Waals surface area contributed by atoms with Gasteiger partial charge in [-0.15, -0.1) is 0 Å². The second kappa shape index (κ2) is 4.07. The minimum absolute atomic E-state index is 0.247. The second-order valence-electron chi connectivity index (χ2n) is 3.73. The number of hydrogen-bond donors (Lipinski definition) is 2. The Hall–Kier alpha value is -0.610. The summed E-state index contributed by atoms with van der Waals surface area (Å²) in [5, 5.41) is 6.49. The van der Waals surface area contributed by atoms with Crippen LogP contribution in [-0.4, -0.2) is 43.2 Å². The summed E-state index contributed by atoms with van der Waals surface area (Å²) in [6.45, 7) is 3.44. The molecule has 2 fully saturated rings. The largest absolute Gasteiger partial charge is 0.326 e. The molecule has 2 aliphatic heterocycles. The summed E-state index contributed by atoms with van der Waals surface area (Å²) in [5.41, 5.74) is 0. The Labute approximate surface area is 78.7 Å². The molecule has 2 N–H and O–H groups in total. The lowest BCUT2D eigenvalue weighted by atomic mass is 10.3. The van der Waals surface area contributed by atoms with Gasteiger partial charge in [-0.1, -0.05) is 0 Å². The Morgan fingerprint density at radius 2 is 2.23 bits per heavy atom. The van der Waals surface area contributed by atoms with Crippen molar-refractivity contribution in [1.29, 1.82) is 0 Å². The van der Waals surface area contributed by atoms with Gasteiger partial charge >= 0.3 is 0 Å². The molecule has 0 saturated carbocycles. The average Bonchev–Trinajstić information content (AvgIpc) is 2.56. The van der Waals surface area contributed by atoms with Crippen LogP contribution in [0.4, 0.5) is 0 Å². The maximum absolute atomic E-state index is 11.6. The number of carbonyl (C=O) groups excluding carboxylic acids is 1. The standard InChI is InChI=1S/C9H17N3O/c13-9-7-10-4-2-6-12(9)8-3-1-5-11-8/h8,10-11H,1-7H2. The van der Waals surface area contributed by atoms with Gasteiger partial charge in [-0.25, -0.2) is 0 Å². The van der Waals surface area contributed by atoms with Gasteiger partial charge in [0.1, 0.15) is 0 Å². The highest BCUT2D eigenvalue weighted by molar-refractivity contribution is 5.78. The first-order chi connectivity index (χ1) is 6.38. The van der Waals surface area contributed by atoms with E-state index in [4.69, 9.17) is 0 Å². The van der Waals surface area contributed by atoms with E-state index in [1.54, 1.807) is 0 Å². The lowest BCUT2D eigenvalue weighted by Crippen LogP contribution is -2.47. The van der Waals surface area contributed by atoms with Crippen molar-refractivity contribution >= 4 is 5.91 Å². The van der Waals surface area contributed by atoms with Gasteiger partial charge in [0.05, 0.1) is 12.7 Å². The minimum atomic E-state index is 0.247. The lowest BCUT2D eigenvalue weighted by Gasteiger charge is -2.27. The van der Waals surface area contributed by atoms with Gasteiger partial charge in [0.15, 0.2) is 0 Å². The molecule has 4 heteroatoms. The van der Waals surface area contributed by atoms with E-state index < -0.39 is 0 Å². The van der Waals surface area contributed by atoms with Gasteiger partial charge in [0.25, 0.3) is 0 Å². The van der Waals surface area contributed by atoms with Gasteiger partial charge in [0, 0.05) is 6.54 Å². The highest BCUT2D eigenvalue weighted by atomic mass is 16.2. The van der Waals surface area contributed by atoms with Crippen molar-refractivity contribution in [2.75, 3.05) is 26.2 Å². The first-order valence-electron chi connectivity index (χ1n) is 5.11. The van der Waals surface area contributed by atoms with Crippen molar-refractivity contribution < 1.29 is 4.79 Å². The maximum Gasteiger partial charge on any atom is 0.237 e. The van der Waals surface area contributed by atoms with E-state index in [1.807, 2.05) is 4.90 Å². The van der Waals surface area contributed by atoms with Gasteiger partial charge in [0.2, 0.25) is 5.91 Å². The van der Waals surface area contributed by atoms with Gasteiger partial charge in [-0.3, -0.25) is 10.1 Å². The third kappa shape index (κ3) is 2.00. The molecule has 2 aliphatic rings. The predicted octanol–water partition coefficient (Wildman–Crippen LogP) is -0.482. The molecule has 2 saturated heterocycles. The molecular weight excluding hydrogens is 166 g/mol. The second-order valence-corrected chi connectivity index (χ2v) is 3.73. The van der Waals surface area contributed by atoms with Crippen LogP contribution in [0.1, 0.15) is 19.3 Å². The lowest BCUT2D eigenvalue weighted by molar-refractivity contribution is -0.132. The third-order valence-electron chi connectivity index (χ3n) is 2.76. The molecule has 2 rings (SSSR count). The van der Waals surface area contributed by atoms with E-state index in [0.29, 0.717) is 12.7 Å². The van der Waals surface area contributed by atoms with Crippen LogP contribution in [0, 0.1) is 0 Å². The van der Waals surface area contributed by atoms with Crippen molar-refractivity contribution in [3.63, 3.8) is 0 Å². The fourth-order valence-corrected chi connectivity index (χ4v) is 2.06. The summed E-state index contributed by atoms with van der Waals surface area (Å²) in [6.07, 6.45) is 3.70. The zero-order chi connectivity index (χ0) is 9.10. The smallest absolute Gasteiger partial charge is 0.237 e. The first-order valence-corrected chi connectivity index (χ1v) is 5.11. The van der Waals surface area contributed by atoms with Crippen LogP contribution >= 0.6 is 0 Å². The Kier molecular flexibility index (Phi) is 2.80. The Balaban J connectivity index is 1.97. The SMILES string of the molecule is O=C1CNCCCN1C1CCCN1. The summed E-state index contributed by atoms with van der Waals surface area (Å²) in [6, 6.07) is 0. The van der Waals surface area contributed by atoms with Gasteiger partial charge in [-0.2, -0.15) is 0 Å². The highest BCUT2D eigenvalue weighted by Crippen LogP contribution is 2.11. The molecule has 1 atom stereocenters. The minimum Gasteiger partial charge on any atom is -0.326 e. The molecule has 0 aromatic carbocycles.